The summed E-state index contributed by atoms with van der Waals surface area (Å²) >= 11 is 0. The Kier molecular flexibility index (Phi) is 5.61. The van der Waals surface area contributed by atoms with Gasteiger partial charge in [-0.25, -0.2) is 0 Å². The van der Waals surface area contributed by atoms with Gasteiger partial charge in [0.1, 0.15) is 0 Å². The molecule has 0 aliphatic heterocycles. The van der Waals surface area contributed by atoms with Crippen molar-refractivity contribution in [3.63, 3.8) is 0 Å². The molecule has 0 saturated carbocycles. The first-order valence-corrected chi connectivity index (χ1v) is 8.41. The van der Waals surface area contributed by atoms with Crippen molar-refractivity contribution in [3.05, 3.63) is 76.9 Å². The van der Waals surface area contributed by atoms with E-state index >= 15 is 0 Å². The molecule has 1 atom stereocenters. The van der Waals surface area contributed by atoms with Crippen molar-refractivity contribution < 1.29 is 4.79 Å². The van der Waals surface area contributed by atoms with Crippen molar-refractivity contribution in [1.29, 1.82) is 0 Å². The molecule has 1 N–H and O–H groups in total. The first-order chi connectivity index (χ1) is 11.3. The zero-order valence-electron chi connectivity index (χ0n) is 15.3. The average Bonchev–Trinajstić information content (AvgIpc) is 2.53. The van der Waals surface area contributed by atoms with E-state index in [2.05, 4.69) is 50.4 Å². The Balaban J connectivity index is 1.97. The summed E-state index contributed by atoms with van der Waals surface area (Å²) in [6.45, 7) is 10.6. The maximum Gasteiger partial charge on any atom is 0.244 e. The number of amides is 1. The molecule has 2 aromatic rings. The number of hydrogen-bond donors (Lipinski definition) is 1. The van der Waals surface area contributed by atoms with Crippen LogP contribution < -0.4 is 5.32 Å². The third-order valence-electron chi connectivity index (χ3n) is 4.14. The topological polar surface area (TPSA) is 29.1 Å². The van der Waals surface area contributed by atoms with Crippen molar-refractivity contribution >= 4 is 12.0 Å². The van der Waals surface area contributed by atoms with Crippen LogP contribution in [-0.4, -0.2) is 5.91 Å². The highest BCUT2D eigenvalue weighted by Crippen LogP contribution is 2.23. The highest BCUT2D eigenvalue weighted by atomic mass is 16.1. The smallest absolute Gasteiger partial charge is 0.244 e. The van der Waals surface area contributed by atoms with Crippen LogP contribution in [0.1, 0.15) is 56.0 Å². The molecule has 0 aliphatic carbocycles. The van der Waals surface area contributed by atoms with Crippen molar-refractivity contribution in [1.82, 2.24) is 5.32 Å². The Morgan fingerprint density at radius 1 is 1.00 bits per heavy atom. The van der Waals surface area contributed by atoms with Crippen LogP contribution in [0.3, 0.4) is 0 Å². The lowest BCUT2D eigenvalue weighted by atomic mass is 9.86. The van der Waals surface area contributed by atoms with E-state index in [0.29, 0.717) is 0 Å². The molecule has 2 heteroatoms. The Labute approximate surface area is 145 Å². The number of hydrogen-bond acceptors (Lipinski definition) is 1. The highest BCUT2D eigenvalue weighted by Gasteiger charge is 2.14. The van der Waals surface area contributed by atoms with Crippen LogP contribution in [0.5, 0.6) is 0 Å². The van der Waals surface area contributed by atoms with Crippen LogP contribution in [-0.2, 0) is 10.2 Å². The molecule has 0 unspecified atom stereocenters. The van der Waals surface area contributed by atoms with E-state index in [-0.39, 0.29) is 17.4 Å². The first kappa shape index (κ1) is 18.0. The van der Waals surface area contributed by atoms with E-state index < -0.39 is 0 Å². The van der Waals surface area contributed by atoms with Crippen LogP contribution in [0.2, 0.25) is 0 Å². The molecule has 0 aromatic heterocycles. The summed E-state index contributed by atoms with van der Waals surface area (Å²) in [4.78, 5) is 12.1. The molecule has 0 bridgehead atoms. The van der Waals surface area contributed by atoms with Crippen molar-refractivity contribution in [3.8, 4) is 0 Å². The molecule has 2 nitrogen and oxygen atoms in total. The van der Waals surface area contributed by atoms with Gasteiger partial charge in [0.2, 0.25) is 5.91 Å². The molecule has 126 valence electrons. The van der Waals surface area contributed by atoms with Gasteiger partial charge in [-0.05, 0) is 42.0 Å². The predicted molar refractivity (Wildman–Crippen MR) is 102 cm³/mol. The zero-order valence-corrected chi connectivity index (χ0v) is 15.3. The van der Waals surface area contributed by atoms with Gasteiger partial charge in [0.25, 0.3) is 0 Å². The van der Waals surface area contributed by atoms with Gasteiger partial charge in [-0.3, -0.25) is 4.79 Å². The number of benzene rings is 2. The molecular formula is C22H27NO. The quantitative estimate of drug-likeness (QED) is 0.772. The molecule has 0 heterocycles. The van der Waals surface area contributed by atoms with Gasteiger partial charge < -0.3 is 5.32 Å². The van der Waals surface area contributed by atoms with Crippen LogP contribution in [0.4, 0.5) is 0 Å². The lowest BCUT2D eigenvalue weighted by molar-refractivity contribution is -0.117. The van der Waals surface area contributed by atoms with E-state index in [1.807, 2.05) is 44.2 Å². The summed E-state index contributed by atoms with van der Waals surface area (Å²) in [6.07, 6.45) is 3.43. The van der Waals surface area contributed by atoms with Gasteiger partial charge in [-0.15, -0.1) is 0 Å². The second-order valence-electron chi connectivity index (χ2n) is 7.35. The van der Waals surface area contributed by atoms with Gasteiger partial charge in [0.15, 0.2) is 0 Å². The fourth-order valence-electron chi connectivity index (χ4n) is 2.47. The summed E-state index contributed by atoms with van der Waals surface area (Å²) in [7, 11) is 0. The molecule has 0 fully saturated rings. The Hall–Kier alpha value is -2.35. The zero-order chi connectivity index (χ0) is 17.7. The van der Waals surface area contributed by atoms with E-state index in [0.717, 1.165) is 11.1 Å². The Bertz CT molecular complexity index is 703. The van der Waals surface area contributed by atoms with Crippen LogP contribution >= 0.6 is 0 Å². The third-order valence-corrected chi connectivity index (χ3v) is 4.14. The molecule has 0 spiro atoms. The van der Waals surface area contributed by atoms with Crippen LogP contribution in [0.15, 0.2) is 54.6 Å². The second kappa shape index (κ2) is 7.48. The van der Waals surface area contributed by atoms with Gasteiger partial charge in [-0.1, -0.05) is 74.9 Å². The SMILES string of the molecule is Cc1ccc(/C=C/C(=O)N[C@H](C)c2ccc(C(C)(C)C)cc2)cc1. The molecule has 2 rings (SSSR count). The highest BCUT2D eigenvalue weighted by molar-refractivity contribution is 5.91. The number of carbonyl (C=O) groups excluding carboxylic acids is 1. The minimum atomic E-state index is -0.0806. The van der Waals surface area contributed by atoms with Crippen LogP contribution in [0, 0.1) is 6.92 Å². The van der Waals surface area contributed by atoms with Crippen LogP contribution in [0.25, 0.3) is 6.08 Å². The largest absolute Gasteiger partial charge is 0.346 e. The Morgan fingerprint density at radius 2 is 1.58 bits per heavy atom. The third kappa shape index (κ3) is 5.09. The van der Waals surface area contributed by atoms with Gasteiger partial charge in [0.05, 0.1) is 6.04 Å². The Morgan fingerprint density at radius 3 is 2.12 bits per heavy atom. The molecule has 2 aromatic carbocycles. The molecule has 24 heavy (non-hydrogen) atoms. The normalized spacial score (nSPS) is 13.0. The number of nitrogens with one attached hydrogen (secondary N) is 1. The summed E-state index contributed by atoms with van der Waals surface area (Å²) < 4.78 is 0. The molecule has 0 saturated heterocycles. The maximum absolute atomic E-state index is 12.1. The minimum absolute atomic E-state index is 0.0193. The fourth-order valence-corrected chi connectivity index (χ4v) is 2.47. The molecule has 0 radical (unpaired) electrons. The lowest BCUT2D eigenvalue weighted by Crippen LogP contribution is -2.24. The van der Waals surface area contributed by atoms with Gasteiger partial charge in [0, 0.05) is 6.08 Å². The van der Waals surface area contributed by atoms with Crippen molar-refractivity contribution in [2.75, 3.05) is 0 Å². The maximum atomic E-state index is 12.1. The number of carbonyl (C=O) groups is 1. The number of rotatable bonds is 4. The first-order valence-electron chi connectivity index (χ1n) is 8.41. The average molecular weight is 321 g/mol. The molecular weight excluding hydrogens is 294 g/mol. The van der Waals surface area contributed by atoms with E-state index in [1.165, 1.54) is 11.1 Å². The number of aryl methyl sites for hydroxylation is 1. The van der Waals surface area contributed by atoms with Gasteiger partial charge in [-0.2, -0.15) is 0 Å². The summed E-state index contributed by atoms with van der Waals surface area (Å²) in [5.41, 5.74) is 4.79. The lowest BCUT2D eigenvalue weighted by Gasteiger charge is -2.20. The molecule has 0 aliphatic rings. The van der Waals surface area contributed by atoms with E-state index in [1.54, 1.807) is 6.08 Å². The summed E-state index contributed by atoms with van der Waals surface area (Å²) in [5, 5.41) is 3.01. The van der Waals surface area contributed by atoms with Crippen molar-refractivity contribution in [2.24, 2.45) is 0 Å². The monoisotopic (exact) mass is 321 g/mol. The van der Waals surface area contributed by atoms with Gasteiger partial charge >= 0.3 is 0 Å². The molecule has 1 amide bonds. The summed E-state index contributed by atoms with van der Waals surface area (Å²) in [5.74, 6) is -0.0806. The fraction of sp³-hybridized carbons (Fsp3) is 0.318. The second-order valence-corrected chi connectivity index (χ2v) is 7.35. The van der Waals surface area contributed by atoms with Crippen molar-refractivity contribution in [2.45, 2.75) is 46.1 Å². The van der Waals surface area contributed by atoms with E-state index in [9.17, 15) is 4.79 Å². The minimum Gasteiger partial charge on any atom is -0.346 e. The van der Waals surface area contributed by atoms with E-state index in [4.69, 9.17) is 0 Å². The summed E-state index contributed by atoms with van der Waals surface area (Å²) in [6, 6.07) is 16.5. The predicted octanol–water partition coefficient (Wildman–Crippen LogP) is 5.18. The standard InChI is InChI=1S/C22H27NO/c1-16-6-8-18(9-7-16)10-15-21(24)23-17(2)19-11-13-20(14-12-19)22(3,4)5/h6-15,17H,1-5H3,(H,23,24)/b15-10+/t17-/m1/s1.